The van der Waals surface area contributed by atoms with Gasteiger partial charge in [0.05, 0.1) is 11.2 Å². The van der Waals surface area contributed by atoms with E-state index >= 15 is 0 Å². The monoisotopic (exact) mass is 464 g/mol. The fourth-order valence-electron chi connectivity index (χ4n) is 5.57. The molecule has 5 heterocycles. The predicted octanol–water partition coefficient (Wildman–Crippen LogP) is 3.98. The molecule has 3 aliphatic rings. The largest absolute Gasteiger partial charge is 0.366 e. The summed E-state index contributed by atoms with van der Waals surface area (Å²) in [6.45, 7) is 4.27. The lowest BCUT2D eigenvalue weighted by Gasteiger charge is -2.29. The predicted molar refractivity (Wildman–Crippen MR) is 139 cm³/mol. The summed E-state index contributed by atoms with van der Waals surface area (Å²) >= 11 is 0. The molecule has 2 atom stereocenters. The van der Waals surface area contributed by atoms with E-state index in [0.29, 0.717) is 18.0 Å². The number of rotatable bonds is 5. The SMILES string of the molecule is c1cc(-c2ccc3nc(N4CCCC4)ncc3c2)nc(Nc2ccc(N3CC4C[C@H]3CN4)cc2)n1. The number of hydrogen-bond donors (Lipinski definition) is 2. The Morgan fingerprint density at radius 2 is 1.83 bits per heavy atom. The van der Waals surface area contributed by atoms with Gasteiger partial charge in [-0.05, 0) is 61.7 Å². The Labute approximate surface area is 204 Å². The van der Waals surface area contributed by atoms with Crippen LogP contribution in [0.3, 0.4) is 0 Å². The molecular formula is C27H28N8. The van der Waals surface area contributed by atoms with Crippen molar-refractivity contribution in [3.8, 4) is 11.3 Å². The van der Waals surface area contributed by atoms with Crippen LogP contribution in [0.25, 0.3) is 22.2 Å². The van der Waals surface area contributed by atoms with E-state index in [0.717, 1.165) is 60.0 Å². The molecule has 7 rings (SSSR count). The number of fused-ring (bicyclic) bond motifs is 3. The Hall–Kier alpha value is -3.78. The van der Waals surface area contributed by atoms with Crippen molar-refractivity contribution in [3.63, 3.8) is 0 Å². The van der Waals surface area contributed by atoms with Gasteiger partial charge >= 0.3 is 0 Å². The molecule has 2 bridgehead atoms. The van der Waals surface area contributed by atoms with Gasteiger partial charge in [0.1, 0.15) is 0 Å². The molecule has 0 aliphatic carbocycles. The van der Waals surface area contributed by atoms with Crippen molar-refractivity contribution in [1.82, 2.24) is 25.3 Å². The second-order valence-electron chi connectivity index (χ2n) is 9.72. The van der Waals surface area contributed by atoms with E-state index in [-0.39, 0.29) is 0 Å². The average molecular weight is 465 g/mol. The van der Waals surface area contributed by atoms with Crippen molar-refractivity contribution in [1.29, 1.82) is 0 Å². The first-order valence-corrected chi connectivity index (χ1v) is 12.5. The van der Waals surface area contributed by atoms with Crippen LogP contribution >= 0.6 is 0 Å². The molecule has 4 aromatic rings. The van der Waals surface area contributed by atoms with Crippen molar-refractivity contribution in [2.24, 2.45) is 0 Å². The molecule has 8 nitrogen and oxygen atoms in total. The lowest BCUT2D eigenvalue weighted by molar-refractivity contribution is 0.580. The summed E-state index contributed by atoms with van der Waals surface area (Å²) in [5.74, 6) is 1.41. The van der Waals surface area contributed by atoms with Gasteiger partial charge in [0.15, 0.2) is 0 Å². The van der Waals surface area contributed by atoms with Crippen molar-refractivity contribution >= 4 is 34.2 Å². The van der Waals surface area contributed by atoms with E-state index in [4.69, 9.17) is 9.97 Å². The van der Waals surface area contributed by atoms with Crippen molar-refractivity contribution in [2.45, 2.75) is 31.3 Å². The molecule has 0 spiro atoms. The summed E-state index contributed by atoms with van der Waals surface area (Å²) in [6, 6.07) is 18.0. The maximum absolute atomic E-state index is 4.78. The maximum Gasteiger partial charge on any atom is 0.227 e. The molecule has 3 aliphatic heterocycles. The van der Waals surface area contributed by atoms with Crippen LogP contribution in [0.2, 0.25) is 0 Å². The van der Waals surface area contributed by atoms with Crippen LogP contribution in [0.15, 0.2) is 60.9 Å². The molecule has 0 saturated carbocycles. The Kier molecular flexibility index (Phi) is 4.98. The Bertz CT molecular complexity index is 1370. The number of piperazine rings is 1. The van der Waals surface area contributed by atoms with E-state index in [1.165, 1.54) is 24.9 Å². The highest BCUT2D eigenvalue weighted by Gasteiger charge is 2.37. The number of hydrogen-bond acceptors (Lipinski definition) is 8. The van der Waals surface area contributed by atoms with E-state index in [1.807, 2.05) is 12.3 Å². The number of benzene rings is 2. The first-order chi connectivity index (χ1) is 17.3. The Morgan fingerprint density at radius 1 is 0.943 bits per heavy atom. The highest BCUT2D eigenvalue weighted by Crippen LogP contribution is 2.31. The zero-order valence-electron chi connectivity index (χ0n) is 19.6. The molecular weight excluding hydrogens is 436 g/mol. The van der Waals surface area contributed by atoms with E-state index < -0.39 is 0 Å². The van der Waals surface area contributed by atoms with Crippen LogP contribution in [0, 0.1) is 0 Å². The van der Waals surface area contributed by atoms with Gasteiger partial charge in [-0.2, -0.15) is 0 Å². The highest BCUT2D eigenvalue weighted by atomic mass is 15.3. The number of nitrogens with zero attached hydrogens (tertiary/aromatic N) is 6. The third-order valence-corrected chi connectivity index (χ3v) is 7.42. The molecule has 2 aromatic carbocycles. The van der Waals surface area contributed by atoms with Crippen LogP contribution in [-0.4, -0.2) is 58.2 Å². The standard InChI is InChI=1S/C27H28N8/c1-2-12-34(11-1)27-30-15-19-13-18(3-8-24(19)33-27)25-9-10-28-26(32-25)31-20-4-6-22(7-5-20)35-17-21-14-23(35)16-29-21/h3-10,13,15,21,23,29H,1-2,11-12,14,16-17H2,(H,28,31,32)/t21?,23-/m0/s1. The lowest BCUT2D eigenvalue weighted by atomic mass is 10.1. The smallest absolute Gasteiger partial charge is 0.227 e. The van der Waals surface area contributed by atoms with Crippen LogP contribution in [0.4, 0.5) is 23.3 Å². The van der Waals surface area contributed by atoms with Crippen LogP contribution in [0.1, 0.15) is 19.3 Å². The molecule has 0 radical (unpaired) electrons. The molecule has 2 N–H and O–H groups in total. The second kappa shape index (κ2) is 8.46. The topological polar surface area (TPSA) is 82.1 Å². The van der Waals surface area contributed by atoms with Crippen molar-refractivity contribution in [2.75, 3.05) is 41.3 Å². The molecule has 3 fully saturated rings. The third kappa shape index (κ3) is 3.93. The minimum Gasteiger partial charge on any atom is -0.366 e. The average Bonchev–Trinajstić information content (AvgIpc) is 3.68. The fraction of sp³-hybridized carbons (Fsp3) is 0.333. The van der Waals surface area contributed by atoms with Gasteiger partial charge in [0.2, 0.25) is 11.9 Å². The molecule has 176 valence electrons. The van der Waals surface area contributed by atoms with Gasteiger partial charge in [-0.1, -0.05) is 6.07 Å². The van der Waals surface area contributed by atoms with Crippen LogP contribution < -0.4 is 20.4 Å². The molecule has 3 saturated heterocycles. The summed E-state index contributed by atoms with van der Waals surface area (Å²) in [6.07, 6.45) is 7.39. The van der Waals surface area contributed by atoms with Gasteiger partial charge in [0.25, 0.3) is 0 Å². The van der Waals surface area contributed by atoms with Gasteiger partial charge in [-0.3, -0.25) is 0 Å². The van der Waals surface area contributed by atoms with E-state index in [2.05, 4.69) is 72.9 Å². The minimum atomic E-state index is 0.584. The number of aromatic nitrogens is 4. The summed E-state index contributed by atoms with van der Waals surface area (Å²) < 4.78 is 0. The molecule has 0 amide bonds. The quantitative estimate of drug-likeness (QED) is 0.459. The van der Waals surface area contributed by atoms with E-state index in [9.17, 15) is 0 Å². The molecule has 8 heteroatoms. The fourth-order valence-corrected chi connectivity index (χ4v) is 5.57. The Balaban J connectivity index is 1.09. The normalized spacial score (nSPS) is 21.3. The lowest BCUT2D eigenvalue weighted by Crippen LogP contribution is -2.43. The summed E-state index contributed by atoms with van der Waals surface area (Å²) in [5.41, 5.74) is 5.11. The van der Waals surface area contributed by atoms with Gasteiger partial charge < -0.3 is 20.4 Å². The number of anilines is 4. The van der Waals surface area contributed by atoms with Crippen LogP contribution in [0.5, 0.6) is 0 Å². The highest BCUT2D eigenvalue weighted by molar-refractivity contribution is 5.84. The van der Waals surface area contributed by atoms with Gasteiger partial charge in [0, 0.05) is 73.0 Å². The summed E-state index contributed by atoms with van der Waals surface area (Å²) in [5, 5.41) is 7.94. The van der Waals surface area contributed by atoms with Crippen molar-refractivity contribution < 1.29 is 0 Å². The van der Waals surface area contributed by atoms with Crippen molar-refractivity contribution in [3.05, 3.63) is 60.9 Å². The molecule has 35 heavy (non-hydrogen) atoms. The first kappa shape index (κ1) is 20.6. The minimum absolute atomic E-state index is 0.584. The second-order valence-corrected chi connectivity index (χ2v) is 9.72. The zero-order valence-corrected chi connectivity index (χ0v) is 19.6. The van der Waals surface area contributed by atoms with Gasteiger partial charge in [-0.25, -0.2) is 19.9 Å². The summed E-state index contributed by atoms with van der Waals surface area (Å²) in [4.78, 5) is 23.4. The molecule has 2 aromatic heterocycles. The number of nitrogens with one attached hydrogen (secondary N) is 2. The molecule has 1 unspecified atom stereocenters. The zero-order chi connectivity index (χ0) is 23.2. The first-order valence-electron chi connectivity index (χ1n) is 12.5. The maximum atomic E-state index is 4.78. The van der Waals surface area contributed by atoms with Crippen LogP contribution in [-0.2, 0) is 0 Å². The van der Waals surface area contributed by atoms with E-state index in [1.54, 1.807) is 6.20 Å². The summed E-state index contributed by atoms with van der Waals surface area (Å²) in [7, 11) is 0. The third-order valence-electron chi connectivity index (χ3n) is 7.42. The van der Waals surface area contributed by atoms with Gasteiger partial charge in [-0.15, -0.1) is 0 Å². The Morgan fingerprint density at radius 3 is 2.63 bits per heavy atom.